The molecule has 7 heteroatoms. The van der Waals surface area contributed by atoms with Crippen LogP contribution in [0.15, 0.2) is 78.9 Å². The molecule has 0 bridgehead atoms. The zero-order valence-electron chi connectivity index (χ0n) is 18.8. The number of nitro groups is 1. The average molecular weight is 464 g/mol. The van der Waals surface area contributed by atoms with Gasteiger partial charge in [0.05, 0.1) is 17.0 Å². The lowest BCUT2D eigenvalue weighted by Gasteiger charge is -2.37. The maximum absolute atomic E-state index is 14.2. The Balaban J connectivity index is 1.69. The van der Waals surface area contributed by atoms with Gasteiger partial charge in [-0.3, -0.25) is 24.5 Å². The van der Waals surface area contributed by atoms with Crippen molar-refractivity contribution in [3.8, 4) is 0 Å². The van der Waals surface area contributed by atoms with Gasteiger partial charge < -0.3 is 4.90 Å². The summed E-state index contributed by atoms with van der Waals surface area (Å²) in [5.74, 6) is -1.83. The van der Waals surface area contributed by atoms with E-state index in [2.05, 4.69) is 0 Å². The van der Waals surface area contributed by atoms with E-state index in [0.717, 1.165) is 11.3 Å². The van der Waals surface area contributed by atoms with Crippen LogP contribution in [0.1, 0.15) is 44.7 Å². The number of hydrogen-bond acceptors (Lipinski definition) is 6. The van der Waals surface area contributed by atoms with Gasteiger partial charge in [0.1, 0.15) is 5.41 Å². The highest BCUT2D eigenvalue weighted by Crippen LogP contribution is 2.60. The molecule has 3 atom stereocenters. The van der Waals surface area contributed by atoms with E-state index in [1.54, 1.807) is 30.3 Å². The van der Waals surface area contributed by atoms with Gasteiger partial charge >= 0.3 is 0 Å². The van der Waals surface area contributed by atoms with Crippen molar-refractivity contribution >= 4 is 34.8 Å². The number of hydrogen-bond donors (Lipinski definition) is 0. The van der Waals surface area contributed by atoms with Crippen molar-refractivity contribution in [3.63, 3.8) is 0 Å². The molecule has 0 amide bonds. The number of ketones is 3. The fourth-order valence-electron chi connectivity index (χ4n) is 6.28. The van der Waals surface area contributed by atoms with Crippen molar-refractivity contribution in [1.82, 2.24) is 0 Å². The van der Waals surface area contributed by atoms with Gasteiger partial charge in [0.15, 0.2) is 17.3 Å². The van der Waals surface area contributed by atoms with Gasteiger partial charge in [0.25, 0.3) is 5.69 Å². The third kappa shape index (κ3) is 2.63. The molecule has 1 aliphatic carbocycles. The smallest absolute Gasteiger partial charge is 0.269 e. The summed E-state index contributed by atoms with van der Waals surface area (Å²) in [5.41, 5.74) is 0.919. The second-order valence-electron chi connectivity index (χ2n) is 9.23. The Morgan fingerprint density at radius 3 is 2.26 bits per heavy atom. The van der Waals surface area contributed by atoms with Crippen LogP contribution < -0.4 is 4.90 Å². The highest BCUT2D eigenvalue weighted by molar-refractivity contribution is 6.32. The number of nitrogens with zero attached hydrogens (tertiary/aromatic N) is 2. The van der Waals surface area contributed by atoms with Gasteiger partial charge in [-0.1, -0.05) is 66.7 Å². The Bertz CT molecular complexity index is 1450. The second-order valence-corrected chi connectivity index (χ2v) is 9.23. The molecule has 3 aromatic rings. The van der Waals surface area contributed by atoms with E-state index in [4.69, 9.17) is 0 Å². The van der Waals surface area contributed by atoms with Crippen LogP contribution in [0.4, 0.5) is 11.4 Å². The third-order valence-corrected chi connectivity index (χ3v) is 7.57. The summed E-state index contributed by atoms with van der Waals surface area (Å²) < 4.78 is 0. The standard InChI is InChI=1S/C28H20N2O5/c1-16(31)25-24(18-8-6-9-19(15-18)30(34)35)28(26(32)20-10-3-4-11-21(20)27(28)33)23-14-13-17-7-2-5-12-22(17)29(23)25/h2-15,23-25H,1H3/t23-,24+,25-/m1/s1. The summed E-state index contributed by atoms with van der Waals surface area (Å²) in [5, 5.41) is 11.6. The first-order valence-electron chi connectivity index (χ1n) is 11.4. The number of carbonyl (C=O) groups excluding carboxylic acids is 3. The first kappa shape index (κ1) is 21.2. The molecule has 3 aliphatic rings. The van der Waals surface area contributed by atoms with Crippen LogP contribution in [0, 0.1) is 15.5 Å². The first-order chi connectivity index (χ1) is 16.9. The molecule has 1 spiro atoms. The van der Waals surface area contributed by atoms with Gasteiger partial charge in [0.2, 0.25) is 0 Å². The van der Waals surface area contributed by atoms with Crippen molar-refractivity contribution < 1.29 is 19.3 Å². The zero-order valence-corrected chi connectivity index (χ0v) is 18.8. The summed E-state index contributed by atoms with van der Waals surface area (Å²) in [6.45, 7) is 1.45. The number of carbonyl (C=O) groups is 3. The highest BCUT2D eigenvalue weighted by Gasteiger charge is 2.71. The van der Waals surface area contributed by atoms with Crippen molar-refractivity contribution in [3.05, 3.63) is 111 Å². The molecule has 2 aliphatic heterocycles. The van der Waals surface area contributed by atoms with Crippen molar-refractivity contribution in [1.29, 1.82) is 0 Å². The van der Waals surface area contributed by atoms with Crippen LogP contribution >= 0.6 is 0 Å². The maximum Gasteiger partial charge on any atom is 0.269 e. The van der Waals surface area contributed by atoms with E-state index >= 15 is 0 Å². The van der Waals surface area contributed by atoms with E-state index in [-0.39, 0.29) is 23.0 Å². The fourth-order valence-corrected chi connectivity index (χ4v) is 6.28. The van der Waals surface area contributed by atoms with Gasteiger partial charge in [-0.25, -0.2) is 0 Å². The molecule has 0 aromatic heterocycles. The largest absolute Gasteiger partial charge is 0.352 e. The van der Waals surface area contributed by atoms with Crippen LogP contribution in [0.3, 0.4) is 0 Å². The number of benzene rings is 3. The molecule has 1 saturated heterocycles. The number of nitro benzene ring substituents is 1. The number of rotatable bonds is 3. The first-order valence-corrected chi connectivity index (χ1v) is 11.4. The lowest BCUT2D eigenvalue weighted by molar-refractivity contribution is -0.384. The van der Waals surface area contributed by atoms with Crippen molar-refractivity contribution in [2.24, 2.45) is 5.41 Å². The second kappa shape index (κ2) is 7.30. The maximum atomic E-state index is 14.2. The number of para-hydroxylation sites is 1. The van der Waals surface area contributed by atoms with Crippen LogP contribution in [0.2, 0.25) is 0 Å². The van der Waals surface area contributed by atoms with E-state index in [9.17, 15) is 24.5 Å². The summed E-state index contributed by atoms with van der Waals surface area (Å²) >= 11 is 0. The summed E-state index contributed by atoms with van der Waals surface area (Å²) in [7, 11) is 0. The summed E-state index contributed by atoms with van der Waals surface area (Å²) in [6.07, 6.45) is 3.71. The molecule has 3 aromatic carbocycles. The van der Waals surface area contributed by atoms with E-state index in [1.807, 2.05) is 41.3 Å². The Morgan fingerprint density at radius 1 is 0.943 bits per heavy atom. The molecule has 0 saturated carbocycles. The zero-order chi connectivity index (χ0) is 24.5. The minimum absolute atomic E-state index is 0.156. The quantitative estimate of drug-likeness (QED) is 0.319. The van der Waals surface area contributed by atoms with Crippen LogP contribution in [0.25, 0.3) is 6.08 Å². The van der Waals surface area contributed by atoms with Crippen LogP contribution in [0.5, 0.6) is 0 Å². The fraction of sp³-hybridized carbons (Fsp3) is 0.179. The van der Waals surface area contributed by atoms with Gasteiger partial charge in [0, 0.05) is 34.9 Å². The van der Waals surface area contributed by atoms with Crippen LogP contribution in [-0.2, 0) is 4.79 Å². The normalized spacial score (nSPS) is 23.2. The highest BCUT2D eigenvalue weighted by atomic mass is 16.6. The monoisotopic (exact) mass is 464 g/mol. The number of Topliss-reactive ketones (excluding diaryl/α,β-unsaturated/α-hetero) is 3. The SMILES string of the molecule is CC(=O)[C@@H]1[C@H](c2cccc([N+](=O)[O-])c2)C2(C(=O)c3ccccc3C2=O)[C@H]2C=Cc3ccccc3N12. The Labute approximate surface area is 200 Å². The van der Waals surface area contributed by atoms with Crippen LogP contribution in [-0.4, -0.2) is 34.4 Å². The molecule has 6 rings (SSSR count). The predicted octanol–water partition coefficient (Wildman–Crippen LogP) is 4.62. The molecular formula is C28H20N2O5. The molecule has 0 radical (unpaired) electrons. The molecule has 2 heterocycles. The molecule has 172 valence electrons. The topological polar surface area (TPSA) is 97.6 Å². The molecule has 7 nitrogen and oxygen atoms in total. The minimum Gasteiger partial charge on any atom is -0.352 e. The number of non-ortho nitro benzene ring substituents is 1. The summed E-state index contributed by atoms with van der Waals surface area (Å²) in [6, 6.07) is 18.6. The predicted molar refractivity (Wildman–Crippen MR) is 130 cm³/mol. The lowest BCUT2D eigenvalue weighted by atomic mass is 9.64. The number of anilines is 1. The van der Waals surface area contributed by atoms with Gasteiger partial charge in [-0.2, -0.15) is 0 Å². The van der Waals surface area contributed by atoms with Crippen molar-refractivity contribution in [2.45, 2.75) is 24.9 Å². The molecular weight excluding hydrogens is 444 g/mol. The van der Waals surface area contributed by atoms with Gasteiger partial charge in [-0.05, 0) is 24.1 Å². The Kier molecular flexibility index (Phi) is 4.42. The average Bonchev–Trinajstić information content (AvgIpc) is 3.31. The van der Waals surface area contributed by atoms with E-state index < -0.39 is 28.3 Å². The summed E-state index contributed by atoms with van der Waals surface area (Å²) in [4.78, 5) is 54.8. The number of fused-ring (bicyclic) bond motifs is 5. The Morgan fingerprint density at radius 2 is 1.60 bits per heavy atom. The lowest BCUT2D eigenvalue weighted by Crippen LogP contribution is -2.48. The third-order valence-electron chi connectivity index (χ3n) is 7.57. The molecule has 0 unspecified atom stereocenters. The van der Waals surface area contributed by atoms with Crippen molar-refractivity contribution in [2.75, 3.05) is 4.90 Å². The molecule has 35 heavy (non-hydrogen) atoms. The van der Waals surface area contributed by atoms with E-state index in [0.29, 0.717) is 16.7 Å². The minimum atomic E-state index is -1.63. The van der Waals surface area contributed by atoms with E-state index in [1.165, 1.54) is 25.1 Å². The molecule has 0 N–H and O–H groups in total. The Hall–Kier alpha value is -4.39. The van der Waals surface area contributed by atoms with Gasteiger partial charge in [-0.15, -0.1) is 0 Å². The molecule has 1 fully saturated rings.